The van der Waals surface area contributed by atoms with Crippen molar-refractivity contribution in [3.8, 4) is 5.75 Å². The first-order valence-corrected chi connectivity index (χ1v) is 10.3. The predicted octanol–water partition coefficient (Wildman–Crippen LogP) is 2.40. The van der Waals surface area contributed by atoms with E-state index < -0.39 is 28.0 Å². The number of esters is 1. The minimum atomic E-state index is -3.85. The van der Waals surface area contributed by atoms with Crippen LogP contribution in [0, 0.1) is 13.8 Å². The lowest BCUT2D eigenvalue weighted by atomic mass is 10.1. The van der Waals surface area contributed by atoms with Crippen molar-refractivity contribution < 1.29 is 27.5 Å². The number of carbonyl (C=O) groups excluding carboxylic acids is 2. The average molecular weight is 420 g/mol. The molecule has 8 nitrogen and oxygen atoms in total. The molecule has 0 fully saturated rings. The smallest absolute Gasteiger partial charge is 0.338 e. The van der Waals surface area contributed by atoms with Crippen molar-refractivity contribution in [1.29, 1.82) is 0 Å². The number of anilines is 1. The van der Waals surface area contributed by atoms with E-state index in [9.17, 15) is 18.0 Å². The first-order valence-electron chi connectivity index (χ1n) is 8.79. The predicted molar refractivity (Wildman–Crippen MR) is 109 cm³/mol. The lowest BCUT2D eigenvalue weighted by Gasteiger charge is -2.16. The van der Waals surface area contributed by atoms with E-state index in [1.807, 2.05) is 26.0 Å². The number of aryl methyl sites for hydroxylation is 2. The number of methoxy groups -OCH3 is 1. The summed E-state index contributed by atoms with van der Waals surface area (Å²) >= 11 is 0. The van der Waals surface area contributed by atoms with Gasteiger partial charge in [-0.1, -0.05) is 17.7 Å². The third-order valence-electron chi connectivity index (χ3n) is 4.25. The van der Waals surface area contributed by atoms with E-state index in [-0.39, 0.29) is 16.2 Å². The Morgan fingerprint density at radius 2 is 1.76 bits per heavy atom. The lowest BCUT2D eigenvalue weighted by molar-refractivity contribution is -0.123. The van der Waals surface area contributed by atoms with Crippen molar-refractivity contribution in [1.82, 2.24) is 4.72 Å². The molecule has 0 spiro atoms. The van der Waals surface area contributed by atoms with Crippen LogP contribution in [-0.4, -0.2) is 40.6 Å². The van der Waals surface area contributed by atoms with Crippen LogP contribution in [0.2, 0.25) is 0 Å². The molecule has 29 heavy (non-hydrogen) atoms. The Labute approximate surface area is 170 Å². The van der Waals surface area contributed by atoms with Crippen LogP contribution in [0.5, 0.6) is 5.75 Å². The van der Waals surface area contributed by atoms with E-state index in [2.05, 4.69) is 10.0 Å². The number of amides is 1. The maximum atomic E-state index is 12.4. The Morgan fingerprint density at radius 1 is 1.07 bits per heavy atom. The number of rotatable bonds is 7. The number of hydrogen-bond acceptors (Lipinski definition) is 6. The molecular weight excluding hydrogens is 396 g/mol. The van der Waals surface area contributed by atoms with Gasteiger partial charge in [-0.25, -0.2) is 17.9 Å². The first-order chi connectivity index (χ1) is 13.6. The van der Waals surface area contributed by atoms with E-state index >= 15 is 0 Å². The number of sulfonamides is 1. The van der Waals surface area contributed by atoms with Crippen molar-refractivity contribution in [2.75, 3.05) is 19.5 Å². The van der Waals surface area contributed by atoms with Crippen LogP contribution in [0.1, 0.15) is 28.4 Å². The van der Waals surface area contributed by atoms with Crippen LogP contribution in [0.3, 0.4) is 0 Å². The van der Waals surface area contributed by atoms with Crippen LogP contribution in [0.15, 0.2) is 41.3 Å². The first kappa shape index (κ1) is 22.4. The molecule has 156 valence electrons. The molecule has 2 aromatic carbocycles. The molecule has 2 N–H and O–H groups in total. The van der Waals surface area contributed by atoms with Crippen molar-refractivity contribution >= 4 is 27.6 Å². The summed E-state index contributed by atoms with van der Waals surface area (Å²) in [5.41, 5.74) is 2.54. The lowest BCUT2D eigenvalue weighted by Crippen LogP contribution is -2.30. The quantitative estimate of drug-likeness (QED) is 0.666. The van der Waals surface area contributed by atoms with Gasteiger partial charge in [0.15, 0.2) is 6.10 Å². The van der Waals surface area contributed by atoms with Gasteiger partial charge in [0.25, 0.3) is 5.91 Å². The number of benzene rings is 2. The second-order valence-corrected chi connectivity index (χ2v) is 8.28. The van der Waals surface area contributed by atoms with E-state index in [4.69, 9.17) is 9.47 Å². The van der Waals surface area contributed by atoms with Gasteiger partial charge in [-0.05, 0) is 57.6 Å². The van der Waals surface area contributed by atoms with Crippen LogP contribution >= 0.6 is 0 Å². The van der Waals surface area contributed by atoms with Crippen LogP contribution in [0.25, 0.3) is 0 Å². The average Bonchev–Trinajstić information content (AvgIpc) is 2.69. The summed E-state index contributed by atoms with van der Waals surface area (Å²) in [6, 6.07) is 9.41. The fraction of sp³-hybridized carbons (Fsp3) is 0.300. The Balaban J connectivity index is 2.16. The monoisotopic (exact) mass is 420 g/mol. The molecule has 1 atom stereocenters. The van der Waals surface area contributed by atoms with Gasteiger partial charge < -0.3 is 14.8 Å². The molecular formula is C20H24N2O6S. The minimum Gasteiger partial charge on any atom is -0.495 e. The Bertz CT molecular complexity index is 1030. The molecule has 0 unspecified atom stereocenters. The highest BCUT2D eigenvalue weighted by Crippen LogP contribution is 2.25. The highest BCUT2D eigenvalue weighted by molar-refractivity contribution is 7.89. The maximum absolute atomic E-state index is 12.4. The molecule has 1 amide bonds. The van der Waals surface area contributed by atoms with Crippen molar-refractivity contribution in [3.63, 3.8) is 0 Å². The SMILES string of the molecule is CNS(=O)(=O)c1cc(C(=O)O[C@H](C)C(=O)Nc2ccc(C)cc2C)ccc1OC. The van der Waals surface area contributed by atoms with Gasteiger partial charge in [0.05, 0.1) is 12.7 Å². The van der Waals surface area contributed by atoms with Gasteiger partial charge >= 0.3 is 5.97 Å². The fourth-order valence-corrected chi connectivity index (χ4v) is 3.51. The van der Waals surface area contributed by atoms with Crippen molar-refractivity contribution in [3.05, 3.63) is 53.1 Å². The van der Waals surface area contributed by atoms with Crippen LogP contribution in [-0.2, 0) is 19.6 Å². The van der Waals surface area contributed by atoms with E-state index in [1.54, 1.807) is 6.07 Å². The Kier molecular flexibility index (Phi) is 6.99. The molecule has 0 saturated carbocycles. The zero-order valence-electron chi connectivity index (χ0n) is 16.9. The van der Waals surface area contributed by atoms with Crippen LogP contribution < -0.4 is 14.8 Å². The van der Waals surface area contributed by atoms with Gasteiger partial charge in [-0.3, -0.25) is 4.79 Å². The molecule has 0 aliphatic heterocycles. The van der Waals surface area contributed by atoms with Crippen molar-refractivity contribution in [2.45, 2.75) is 31.8 Å². The van der Waals surface area contributed by atoms with Gasteiger partial charge in [0.2, 0.25) is 10.0 Å². The molecule has 0 aliphatic rings. The molecule has 2 aromatic rings. The number of nitrogens with one attached hydrogen (secondary N) is 2. The third-order valence-corrected chi connectivity index (χ3v) is 5.69. The molecule has 2 rings (SSSR count). The van der Waals surface area contributed by atoms with E-state index in [0.717, 1.165) is 17.2 Å². The molecule has 0 heterocycles. The molecule has 0 aliphatic carbocycles. The summed E-state index contributed by atoms with van der Waals surface area (Å²) in [4.78, 5) is 24.6. The normalized spacial score (nSPS) is 12.2. The molecule has 0 bridgehead atoms. The van der Waals surface area contributed by atoms with E-state index in [1.165, 1.54) is 33.2 Å². The summed E-state index contributed by atoms with van der Waals surface area (Å²) in [7, 11) is -1.28. The Morgan fingerprint density at radius 3 is 2.34 bits per heavy atom. The van der Waals surface area contributed by atoms with Gasteiger partial charge in [-0.15, -0.1) is 0 Å². The third kappa shape index (κ3) is 5.33. The minimum absolute atomic E-state index is 0.0224. The standard InChI is InChI=1S/C20H24N2O6S/c1-12-6-8-16(13(2)10-12)22-19(23)14(3)28-20(24)15-7-9-17(27-5)18(11-15)29(25,26)21-4/h6-11,14,21H,1-5H3,(H,22,23)/t14-/m1/s1. The summed E-state index contributed by atoms with van der Waals surface area (Å²) in [5.74, 6) is -1.25. The number of hydrogen-bond donors (Lipinski definition) is 2. The molecule has 0 aromatic heterocycles. The number of ether oxygens (including phenoxy) is 2. The maximum Gasteiger partial charge on any atom is 0.338 e. The largest absolute Gasteiger partial charge is 0.495 e. The fourth-order valence-electron chi connectivity index (χ4n) is 2.59. The highest BCUT2D eigenvalue weighted by Gasteiger charge is 2.23. The zero-order valence-corrected chi connectivity index (χ0v) is 17.7. The van der Waals surface area contributed by atoms with Gasteiger partial charge in [0.1, 0.15) is 10.6 Å². The zero-order chi connectivity index (χ0) is 21.8. The van der Waals surface area contributed by atoms with Gasteiger partial charge in [0, 0.05) is 5.69 Å². The second-order valence-electron chi connectivity index (χ2n) is 6.43. The summed E-state index contributed by atoms with van der Waals surface area (Å²) in [5, 5.41) is 2.71. The topological polar surface area (TPSA) is 111 Å². The summed E-state index contributed by atoms with van der Waals surface area (Å²) in [6.07, 6.45) is -1.09. The second kappa shape index (κ2) is 9.06. The summed E-state index contributed by atoms with van der Waals surface area (Å²) < 4.78 is 36.7. The van der Waals surface area contributed by atoms with Crippen LogP contribution in [0.4, 0.5) is 5.69 Å². The summed E-state index contributed by atoms with van der Waals surface area (Å²) in [6.45, 7) is 5.24. The molecule has 9 heteroatoms. The van der Waals surface area contributed by atoms with Crippen molar-refractivity contribution in [2.24, 2.45) is 0 Å². The highest BCUT2D eigenvalue weighted by atomic mass is 32.2. The van der Waals surface area contributed by atoms with Gasteiger partial charge in [-0.2, -0.15) is 0 Å². The van der Waals surface area contributed by atoms with E-state index in [0.29, 0.717) is 5.69 Å². The number of carbonyl (C=O) groups is 2. The molecule has 0 radical (unpaired) electrons. The molecule has 0 saturated heterocycles. The Hall–Kier alpha value is -2.91.